The van der Waals surface area contributed by atoms with E-state index in [0.29, 0.717) is 18.8 Å². The van der Waals surface area contributed by atoms with Crippen LogP contribution >= 0.6 is 0 Å². The van der Waals surface area contributed by atoms with E-state index in [0.717, 1.165) is 0 Å². The Balaban J connectivity index is 2.65. The first-order valence-electron chi connectivity index (χ1n) is 5.70. The molecule has 1 amide bonds. The van der Waals surface area contributed by atoms with Gasteiger partial charge >= 0.3 is 5.97 Å². The number of nitrogens with one attached hydrogen (secondary N) is 1. The lowest BCUT2D eigenvalue weighted by Crippen LogP contribution is -2.37. The van der Waals surface area contributed by atoms with Crippen LogP contribution in [-0.4, -0.2) is 55.8 Å². The molecule has 1 heterocycles. The molecule has 2 N–H and O–H groups in total. The summed E-state index contributed by atoms with van der Waals surface area (Å²) in [5.41, 5.74) is 0.513. The van der Waals surface area contributed by atoms with Crippen molar-refractivity contribution in [1.29, 1.82) is 0 Å². The molecule has 7 nitrogen and oxygen atoms in total. The first kappa shape index (κ1) is 14.9. The fraction of sp³-hybridized carbons (Fsp3) is 0.417. The average Bonchev–Trinajstić information content (AvgIpc) is 2.39. The highest BCUT2D eigenvalue weighted by Crippen LogP contribution is 2.17. The summed E-state index contributed by atoms with van der Waals surface area (Å²) in [4.78, 5) is 28.0. The molecule has 0 fully saturated rings. The van der Waals surface area contributed by atoms with Gasteiger partial charge in [0.25, 0.3) is 0 Å². The van der Waals surface area contributed by atoms with E-state index in [4.69, 9.17) is 9.84 Å². The summed E-state index contributed by atoms with van der Waals surface area (Å²) in [5, 5.41) is 11.7. The number of anilines is 1. The maximum atomic E-state index is 11.6. The Morgan fingerprint density at radius 2 is 2.26 bits per heavy atom. The van der Waals surface area contributed by atoms with Gasteiger partial charge < -0.3 is 20.1 Å². The van der Waals surface area contributed by atoms with E-state index < -0.39 is 5.97 Å². The van der Waals surface area contributed by atoms with Crippen LogP contribution < -0.4 is 10.2 Å². The number of carbonyl (C=O) groups is 2. The van der Waals surface area contributed by atoms with Crippen molar-refractivity contribution in [1.82, 2.24) is 10.3 Å². The maximum absolute atomic E-state index is 11.6. The largest absolute Gasteiger partial charge is 0.478 e. The smallest absolute Gasteiger partial charge is 0.339 e. The predicted molar refractivity (Wildman–Crippen MR) is 69.4 cm³/mol. The van der Waals surface area contributed by atoms with Crippen molar-refractivity contribution in [2.75, 3.05) is 38.8 Å². The number of carboxylic acid groups (broad SMARTS) is 1. The van der Waals surface area contributed by atoms with Gasteiger partial charge in [0, 0.05) is 33.1 Å². The van der Waals surface area contributed by atoms with Crippen LogP contribution in [-0.2, 0) is 9.53 Å². The van der Waals surface area contributed by atoms with Crippen LogP contribution in [0.5, 0.6) is 0 Å². The van der Waals surface area contributed by atoms with Crippen LogP contribution in [0.1, 0.15) is 10.4 Å². The lowest BCUT2D eigenvalue weighted by molar-refractivity contribution is -0.119. The lowest BCUT2D eigenvalue weighted by Gasteiger charge is -2.20. The summed E-state index contributed by atoms with van der Waals surface area (Å²) < 4.78 is 4.82. The number of hydrogen-bond donors (Lipinski definition) is 2. The van der Waals surface area contributed by atoms with Gasteiger partial charge in [-0.25, -0.2) is 4.79 Å². The van der Waals surface area contributed by atoms with Crippen molar-refractivity contribution in [3.63, 3.8) is 0 Å². The van der Waals surface area contributed by atoms with Crippen LogP contribution in [0, 0.1) is 0 Å². The van der Waals surface area contributed by atoms with E-state index in [1.165, 1.54) is 12.4 Å². The highest BCUT2D eigenvalue weighted by atomic mass is 16.5. The van der Waals surface area contributed by atoms with Crippen LogP contribution in [0.3, 0.4) is 0 Å². The molecule has 104 valence electrons. The van der Waals surface area contributed by atoms with Crippen molar-refractivity contribution in [3.05, 3.63) is 24.0 Å². The zero-order chi connectivity index (χ0) is 14.3. The van der Waals surface area contributed by atoms with Gasteiger partial charge in [-0.15, -0.1) is 0 Å². The second-order valence-corrected chi connectivity index (χ2v) is 3.90. The second-order valence-electron chi connectivity index (χ2n) is 3.90. The number of ether oxygens (including phenoxy) is 1. The Bertz CT molecular complexity index is 450. The van der Waals surface area contributed by atoms with E-state index in [1.54, 1.807) is 25.1 Å². The number of aromatic carboxylic acids is 1. The Hall–Kier alpha value is -2.15. The highest BCUT2D eigenvalue weighted by Gasteiger charge is 2.15. The standard InChI is InChI=1S/C12H17N3O4/c1-15(8-11(16)14-5-6-19-2)10-3-4-13-7-9(10)12(17)18/h3-4,7H,5-6,8H2,1-2H3,(H,14,16)(H,17,18). The number of methoxy groups -OCH3 is 1. The molecule has 1 aromatic heterocycles. The third-order valence-corrected chi connectivity index (χ3v) is 2.45. The van der Waals surface area contributed by atoms with Crippen molar-refractivity contribution in [2.24, 2.45) is 0 Å². The van der Waals surface area contributed by atoms with Crippen LogP contribution in [0.25, 0.3) is 0 Å². The molecule has 1 aromatic rings. The number of pyridine rings is 1. The number of likely N-dealkylation sites (N-methyl/N-ethyl adjacent to an activating group) is 1. The van der Waals surface area contributed by atoms with Gasteiger partial charge in [-0.3, -0.25) is 9.78 Å². The van der Waals surface area contributed by atoms with E-state index in [1.807, 2.05) is 0 Å². The first-order valence-corrected chi connectivity index (χ1v) is 5.70. The zero-order valence-electron chi connectivity index (χ0n) is 10.9. The van der Waals surface area contributed by atoms with Gasteiger partial charge in [-0.05, 0) is 6.07 Å². The van der Waals surface area contributed by atoms with Crippen molar-refractivity contribution in [3.8, 4) is 0 Å². The summed E-state index contributed by atoms with van der Waals surface area (Å²) >= 11 is 0. The normalized spacial score (nSPS) is 10.0. The van der Waals surface area contributed by atoms with Crippen molar-refractivity contribution in [2.45, 2.75) is 0 Å². The number of carbonyl (C=O) groups excluding carboxylic acids is 1. The Morgan fingerprint density at radius 3 is 2.89 bits per heavy atom. The number of hydrogen-bond acceptors (Lipinski definition) is 5. The summed E-state index contributed by atoms with van der Waals surface area (Å²) in [6.45, 7) is 0.921. The summed E-state index contributed by atoms with van der Waals surface area (Å²) in [5.74, 6) is -1.28. The molecule has 7 heteroatoms. The van der Waals surface area contributed by atoms with Gasteiger partial charge in [0.1, 0.15) is 5.56 Å². The Labute approximate surface area is 111 Å². The maximum Gasteiger partial charge on any atom is 0.339 e. The van der Waals surface area contributed by atoms with Crippen molar-refractivity contribution < 1.29 is 19.4 Å². The topological polar surface area (TPSA) is 91.8 Å². The quantitative estimate of drug-likeness (QED) is 0.674. The molecule has 0 unspecified atom stereocenters. The summed E-state index contributed by atoms with van der Waals surface area (Å²) in [7, 11) is 3.20. The number of carboxylic acids is 1. The molecule has 1 rings (SSSR count). The van der Waals surface area contributed by atoms with Gasteiger partial charge in [0.2, 0.25) is 5.91 Å². The van der Waals surface area contributed by atoms with E-state index in [-0.39, 0.29) is 18.0 Å². The molecule has 0 aliphatic rings. The fourth-order valence-corrected chi connectivity index (χ4v) is 1.53. The van der Waals surface area contributed by atoms with Gasteiger partial charge in [-0.1, -0.05) is 0 Å². The van der Waals surface area contributed by atoms with Gasteiger partial charge in [0.05, 0.1) is 18.8 Å². The zero-order valence-corrected chi connectivity index (χ0v) is 10.9. The van der Waals surface area contributed by atoms with E-state index >= 15 is 0 Å². The second kappa shape index (κ2) is 7.32. The predicted octanol–water partition coefficient (Wildman–Crippen LogP) is -0.0214. The molecular formula is C12H17N3O4. The van der Waals surface area contributed by atoms with Gasteiger partial charge in [-0.2, -0.15) is 0 Å². The number of amides is 1. The van der Waals surface area contributed by atoms with Crippen LogP contribution in [0.15, 0.2) is 18.5 Å². The average molecular weight is 267 g/mol. The number of rotatable bonds is 7. The molecule has 0 saturated carbocycles. The third-order valence-electron chi connectivity index (χ3n) is 2.45. The number of aromatic nitrogens is 1. The molecule has 0 bridgehead atoms. The molecule has 0 aromatic carbocycles. The highest BCUT2D eigenvalue weighted by molar-refractivity contribution is 5.94. The third kappa shape index (κ3) is 4.55. The van der Waals surface area contributed by atoms with Crippen LogP contribution in [0.4, 0.5) is 5.69 Å². The van der Waals surface area contributed by atoms with E-state index in [2.05, 4.69) is 10.3 Å². The minimum absolute atomic E-state index is 0.0635. The Morgan fingerprint density at radius 1 is 1.53 bits per heavy atom. The first-order chi connectivity index (χ1) is 9.06. The molecule has 19 heavy (non-hydrogen) atoms. The summed E-state index contributed by atoms with van der Waals surface area (Å²) in [6.07, 6.45) is 2.75. The molecular weight excluding hydrogens is 250 g/mol. The fourth-order valence-electron chi connectivity index (χ4n) is 1.53. The Kier molecular flexibility index (Phi) is 5.74. The van der Waals surface area contributed by atoms with Gasteiger partial charge in [0.15, 0.2) is 0 Å². The molecule has 0 radical (unpaired) electrons. The molecule has 0 aliphatic heterocycles. The molecule has 0 aliphatic carbocycles. The summed E-state index contributed by atoms with van der Waals surface area (Å²) in [6, 6.07) is 1.56. The molecule has 0 saturated heterocycles. The monoisotopic (exact) mass is 267 g/mol. The van der Waals surface area contributed by atoms with E-state index in [9.17, 15) is 9.59 Å². The molecule has 0 atom stereocenters. The SMILES string of the molecule is COCCNC(=O)CN(C)c1ccncc1C(=O)O. The number of nitrogens with zero attached hydrogens (tertiary/aromatic N) is 2. The minimum Gasteiger partial charge on any atom is -0.478 e. The van der Waals surface area contributed by atoms with Crippen LogP contribution in [0.2, 0.25) is 0 Å². The van der Waals surface area contributed by atoms with Crippen molar-refractivity contribution >= 4 is 17.6 Å². The lowest BCUT2D eigenvalue weighted by atomic mass is 10.2. The molecule has 0 spiro atoms. The minimum atomic E-state index is -1.07.